The Hall–Kier alpha value is -3.36. The molecular formula is C21H18F4N4O. The lowest BCUT2D eigenvalue weighted by atomic mass is 9.97. The van der Waals surface area contributed by atoms with E-state index in [0.717, 1.165) is 10.2 Å². The first-order chi connectivity index (χ1) is 14.3. The normalized spacial score (nSPS) is 18.4. The molecule has 30 heavy (non-hydrogen) atoms. The van der Waals surface area contributed by atoms with Crippen molar-refractivity contribution >= 4 is 11.7 Å². The van der Waals surface area contributed by atoms with Crippen LogP contribution in [0.3, 0.4) is 0 Å². The number of nitrogens with one attached hydrogen (secondary N) is 2. The van der Waals surface area contributed by atoms with E-state index in [1.54, 1.807) is 30.3 Å². The molecule has 2 atom stereocenters. The van der Waals surface area contributed by atoms with Crippen molar-refractivity contribution < 1.29 is 22.4 Å². The Morgan fingerprint density at radius 2 is 1.83 bits per heavy atom. The van der Waals surface area contributed by atoms with Crippen LogP contribution in [0, 0.1) is 5.82 Å². The molecule has 0 spiro atoms. The van der Waals surface area contributed by atoms with Crippen LogP contribution in [0.4, 0.5) is 23.4 Å². The highest BCUT2D eigenvalue weighted by atomic mass is 19.4. The van der Waals surface area contributed by atoms with Crippen LogP contribution < -0.4 is 10.6 Å². The Balaban J connectivity index is 1.56. The van der Waals surface area contributed by atoms with Gasteiger partial charge in [-0.1, -0.05) is 42.5 Å². The molecule has 1 amide bonds. The number of aromatic nitrogens is 2. The molecule has 156 valence electrons. The van der Waals surface area contributed by atoms with Gasteiger partial charge in [0.2, 0.25) is 0 Å². The summed E-state index contributed by atoms with van der Waals surface area (Å²) in [4.78, 5) is 12.4. The zero-order valence-electron chi connectivity index (χ0n) is 15.7. The van der Waals surface area contributed by atoms with Gasteiger partial charge in [-0.25, -0.2) is 9.07 Å². The number of amides is 1. The Morgan fingerprint density at radius 1 is 1.13 bits per heavy atom. The summed E-state index contributed by atoms with van der Waals surface area (Å²) < 4.78 is 54.9. The number of benzene rings is 2. The Morgan fingerprint density at radius 3 is 2.50 bits per heavy atom. The first kappa shape index (κ1) is 19.9. The van der Waals surface area contributed by atoms with Gasteiger partial charge in [-0.05, 0) is 23.3 Å². The average molecular weight is 418 g/mol. The third-order valence-electron chi connectivity index (χ3n) is 4.99. The number of alkyl halides is 3. The number of nitrogens with zero attached hydrogens (tertiary/aromatic N) is 2. The summed E-state index contributed by atoms with van der Waals surface area (Å²) >= 11 is 0. The van der Waals surface area contributed by atoms with E-state index in [2.05, 4.69) is 15.7 Å². The predicted octanol–water partition coefficient (Wildman–Crippen LogP) is 4.61. The smallest absolute Gasteiger partial charge is 0.363 e. The van der Waals surface area contributed by atoms with Crippen LogP contribution >= 0.6 is 0 Å². The Labute approximate surface area is 169 Å². The number of rotatable bonds is 4. The average Bonchev–Trinajstić information content (AvgIpc) is 3.16. The van der Waals surface area contributed by atoms with E-state index in [9.17, 15) is 22.4 Å². The van der Waals surface area contributed by atoms with Gasteiger partial charge < -0.3 is 10.6 Å². The molecule has 1 aliphatic rings. The van der Waals surface area contributed by atoms with Crippen LogP contribution in [0.1, 0.15) is 40.1 Å². The van der Waals surface area contributed by atoms with E-state index in [1.165, 1.54) is 30.3 Å². The number of carbonyl (C=O) groups is 1. The molecule has 0 saturated carbocycles. The predicted molar refractivity (Wildman–Crippen MR) is 102 cm³/mol. The molecule has 2 aromatic carbocycles. The number of anilines is 1. The van der Waals surface area contributed by atoms with Gasteiger partial charge in [0.15, 0.2) is 11.7 Å². The Kier molecular flexibility index (Phi) is 5.19. The maximum absolute atomic E-state index is 13.7. The van der Waals surface area contributed by atoms with Crippen molar-refractivity contribution in [2.75, 3.05) is 5.32 Å². The van der Waals surface area contributed by atoms with Crippen molar-refractivity contribution in [1.29, 1.82) is 0 Å². The molecule has 4 rings (SSSR count). The quantitative estimate of drug-likeness (QED) is 0.609. The van der Waals surface area contributed by atoms with Gasteiger partial charge in [-0.15, -0.1) is 0 Å². The summed E-state index contributed by atoms with van der Waals surface area (Å²) in [5.41, 5.74) is 1.26. The van der Waals surface area contributed by atoms with Crippen LogP contribution in [-0.2, 0) is 6.54 Å². The molecule has 0 fully saturated rings. The number of hydrogen-bond acceptors (Lipinski definition) is 3. The van der Waals surface area contributed by atoms with Gasteiger partial charge in [-0.2, -0.15) is 18.3 Å². The van der Waals surface area contributed by atoms with Crippen molar-refractivity contribution in [3.05, 3.63) is 83.3 Å². The Bertz CT molecular complexity index is 1030. The summed E-state index contributed by atoms with van der Waals surface area (Å²) in [7, 11) is 0. The molecular weight excluding hydrogens is 400 g/mol. The standard InChI is InChI=1S/C21H18F4N4O/c22-15-8-6-13(7-9-15)12-26-20(30)17-11-19-27-16(14-4-2-1-3-5-14)10-18(21(23,24)25)29(19)28-17/h1-9,11,16,18,27H,10,12H2,(H,26,30). The highest BCUT2D eigenvalue weighted by Crippen LogP contribution is 2.43. The minimum Gasteiger partial charge on any atom is -0.363 e. The minimum absolute atomic E-state index is 0.101. The molecule has 2 heterocycles. The fourth-order valence-corrected chi connectivity index (χ4v) is 3.46. The van der Waals surface area contributed by atoms with E-state index in [-0.39, 0.29) is 24.5 Å². The summed E-state index contributed by atoms with van der Waals surface area (Å²) in [5.74, 6) is -0.881. The molecule has 1 aliphatic heterocycles. The van der Waals surface area contributed by atoms with Gasteiger partial charge in [0.1, 0.15) is 11.6 Å². The van der Waals surface area contributed by atoms with Gasteiger partial charge >= 0.3 is 6.18 Å². The number of halogens is 4. The topological polar surface area (TPSA) is 59.0 Å². The third-order valence-corrected chi connectivity index (χ3v) is 4.99. The number of hydrogen-bond donors (Lipinski definition) is 2. The molecule has 0 radical (unpaired) electrons. The van der Waals surface area contributed by atoms with Crippen molar-refractivity contribution in [2.24, 2.45) is 0 Å². The van der Waals surface area contributed by atoms with Crippen molar-refractivity contribution in [3.63, 3.8) is 0 Å². The lowest BCUT2D eigenvalue weighted by Crippen LogP contribution is -2.35. The molecule has 1 aromatic heterocycles. The SMILES string of the molecule is O=C(NCc1ccc(F)cc1)c1cc2n(n1)C(C(F)(F)F)CC(c1ccccc1)N2. The molecule has 0 aliphatic carbocycles. The highest BCUT2D eigenvalue weighted by molar-refractivity contribution is 5.93. The molecule has 0 saturated heterocycles. The fourth-order valence-electron chi connectivity index (χ4n) is 3.46. The molecule has 0 bridgehead atoms. The van der Waals surface area contributed by atoms with Gasteiger partial charge in [-0.3, -0.25) is 4.79 Å². The van der Waals surface area contributed by atoms with E-state index < -0.39 is 30.0 Å². The summed E-state index contributed by atoms with van der Waals surface area (Å²) in [6.07, 6.45) is -4.75. The zero-order chi connectivity index (χ0) is 21.3. The van der Waals surface area contributed by atoms with Crippen molar-refractivity contribution in [2.45, 2.75) is 31.2 Å². The van der Waals surface area contributed by atoms with Crippen LogP contribution in [0.25, 0.3) is 0 Å². The molecule has 2 unspecified atom stereocenters. The first-order valence-electron chi connectivity index (χ1n) is 9.31. The van der Waals surface area contributed by atoms with E-state index >= 15 is 0 Å². The van der Waals surface area contributed by atoms with Crippen LogP contribution in [0.2, 0.25) is 0 Å². The molecule has 5 nitrogen and oxygen atoms in total. The second-order valence-electron chi connectivity index (χ2n) is 7.07. The number of fused-ring (bicyclic) bond motifs is 1. The molecule has 3 aromatic rings. The van der Waals surface area contributed by atoms with Crippen LogP contribution in [-0.4, -0.2) is 21.9 Å². The first-order valence-corrected chi connectivity index (χ1v) is 9.31. The lowest BCUT2D eigenvalue weighted by Gasteiger charge is -2.33. The van der Waals surface area contributed by atoms with E-state index in [0.29, 0.717) is 5.56 Å². The van der Waals surface area contributed by atoms with Gasteiger partial charge in [0.05, 0.1) is 6.04 Å². The maximum atomic E-state index is 13.7. The minimum atomic E-state index is -4.52. The second kappa shape index (κ2) is 7.81. The summed E-state index contributed by atoms with van der Waals surface area (Å²) in [6, 6.07) is 13.3. The maximum Gasteiger partial charge on any atom is 0.410 e. The zero-order valence-corrected chi connectivity index (χ0v) is 15.7. The largest absolute Gasteiger partial charge is 0.410 e. The lowest BCUT2D eigenvalue weighted by molar-refractivity contribution is -0.173. The van der Waals surface area contributed by atoms with Crippen LogP contribution in [0.15, 0.2) is 60.7 Å². The fraction of sp³-hybridized carbons (Fsp3) is 0.238. The second-order valence-corrected chi connectivity index (χ2v) is 7.07. The summed E-state index contributed by atoms with van der Waals surface area (Å²) in [5, 5.41) is 9.56. The highest BCUT2D eigenvalue weighted by Gasteiger charge is 2.46. The van der Waals surface area contributed by atoms with Crippen molar-refractivity contribution in [1.82, 2.24) is 15.1 Å². The van der Waals surface area contributed by atoms with E-state index in [4.69, 9.17) is 0 Å². The number of carbonyl (C=O) groups excluding carboxylic acids is 1. The summed E-state index contributed by atoms with van der Waals surface area (Å²) in [6.45, 7) is 0.101. The van der Waals surface area contributed by atoms with Crippen LogP contribution in [0.5, 0.6) is 0 Å². The van der Waals surface area contributed by atoms with Gasteiger partial charge in [0, 0.05) is 19.0 Å². The molecule has 2 N–H and O–H groups in total. The monoisotopic (exact) mass is 418 g/mol. The third kappa shape index (κ3) is 4.14. The van der Waals surface area contributed by atoms with Gasteiger partial charge in [0.25, 0.3) is 5.91 Å². The van der Waals surface area contributed by atoms with E-state index in [1.807, 2.05) is 0 Å². The van der Waals surface area contributed by atoms with Crippen molar-refractivity contribution in [3.8, 4) is 0 Å². The molecule has 9 heteroatoms.